The number of allylic oxidation sites excluding steroid dienone is 1. The Balaban J connectivity index is 1.88. The van der Waals surface area contributed by atoms with Crippen LogP contribution >= 0.6 is 11.6 Å². The number of hydrogen-bond acceptors (Lipinski definition) is 4. The van der Waals surface area contributed by atoms with Crippen LogP contribution < -0.4 is 5.32 Å². The van der Waals surface area contributed by atoms with Crippen LogP contribution in [0.4, 0.5) is 10.3 Å². The van der Waals surface area contributed by atoms with Crippen LogP contribution in [-0.2, 0) is 0 Å². The van der Waals surface area contributed by atoms with Gasteiger partial charge in [0.1, 0.15) is 11.9 Å². The van der Waals surface area contributed by atoms with Crippen molar-refractivity contribution in [2.24, 2.45) is 0 Å². The zero-order chi connectivity index (χ0) is 17.6. The molecule has 0 aliphatic carbocycles. The van der Waals surface area contributed by atoms with E-state index < -0.39 is 11.9 Å². The summed E-state index contributed by atoms with van der Waals surface area (Å²) in [6.45, 7) is 4.11. The van der Waals surface area contributed by atoms with Crippen molar-refractivity contribution in [2.75, 3.05) is 5.32 Å². The number of hydrogen-bond donors (Lipinski definition) is 1. The zero-order valence-corrected chi connectivity index (χ0v) is 14.4. The minimum atomic E-state index is -0.531. The van der Waals surface area contributed by atoms with Crippen LogP contribution in [0, 0.1) is 19.7 Å². The van der Waals surface area contributed by atoms with Gasteiger partial charge in [-0.05, 0) is 65.2 Å². The van der Waals surface area contributed by atoms with E-state index in [1.165, 1.54) is 21.9 Å². The summed E-state index contributed by atoms with van der Waals surface area (Å²) >= 11 is 6.26. The molecule has 1 unspecified atom stereocenters. The lowest BCUT2D eigenvalue weighted by atomic mass is 9.99. The van der Waals surface area contributed by atoms with Gasteiger partial charge in [-0.3, -0.25) is 0 Å². The van der Waals surface area contributed by atoms with Crippen molar-refractivity contribution >= 4 is 23.2 Å². The van der Waals surface area contributed by atoms with Crippen LogP contribution in [0.1, 0.15) is 28.3 Å². The smallest absolute Gasteiger partial charge is 0.248 e. The molecule has 4 rings (SSSR count). The second-order valence-corrected chi connectivity index (χ2v) is 6.44. The largest absolute Gasteiger partial charge is 0.323 e. The first-order valence-corrected chi connectivity index (χ1v) is 8.20. The molecule has 126 valence electrons. The molecule has 5 nitrogen and oxygen atoms in total. The maximum atomic E-state index is 14.5. The molecule has 2 heterocycles. The average Bonchev–Trinajstić information content (AvgIpc) is 3.05. The first-order chi connectivity index (χ1) is 12.0. The fraction of sp³-hybridized carbons (Fsp3) is 0.167. The van der Waals surface area contributed by atoms with E-state index in [4.69, 9.17) is 11.6 Å². The normalized spacial score (nSPS) is 16.2. The second-order valence-electron chi connectivity index (χ2n) is 6.03. The molecular weight excluding hydrogens is 341 g/mol. The van der Waals surface area contributed by atoms with Gasteiger partial charge in [0.05, 0.1) is 0 Å². The van der Waals surface area contributed by atoms with Crippen LogP contribution in [0.25, 0.3) is 5.70 Å². The summed E-state index contributed by atoms with van der Waals surface area (Å²) < 4.78 is 16.0. The molecular formula is C18H15ClFN5. The predicted octanol–water partition coefficient (Wildman–Crippen LogP) is 4.14. The molecule has 2 aromatic carbocycles. The Morgan fingerprint density at radius 2 is 2.00 bits per heavy atom. The van der Waals surface area contributed by atoms with Gasteiger partial charge < -0.3 is 5.32 Å². The first-order valence-electron chi connectivity index (χ1n) is 7.83. The van der Waals surface area contributed by atoms with Gasteiger partial charge in [0.15, 0.2) is 0 Å². The topological polar surface area (TPSA) is 55.6 Å². The van der Waals surface area contributed by atoms with E-state index in [9.17, 15) is 4.39 Å². The van der Waals surface area contributed by atoms with Crippen LogP contribution in [-0.4, -0.2) is 20.2 Å². The molecule has 25 heavy (non-hydrogen) atoms. The molecule has 0 spiro atoms. The Morgan fingerprint density at radius 1 is 1.16 bits per heavy atom. The molecule has 1 atom stereocenters. The summed E-state index contributed by atoms with van der Waals surface area (Å²) in [5.41, 5.74) is 4.52. The van der Waals surface area contributed by atoms with Crippen molar-refractivity contribution in [1.29, 1.82) is 0 Å². The zero-order valence-electron chi connectivity index (χ0n) is 13.7. The second kappa shape index (κ2) is 5.97. The Labute approximate surface area is 149 Å². The fourth-order valence-corrected chi connectivity index (χ4v) is 3.20. The highest BCUT2D eigenvalue weighted by atomic mass is 35.5. The van der Waals surface area contributed by atoms with E-state index in [1.807, 2.05) is 12.1 Å². The number of fused-ring (bicyclic) bond motifs is 1. The highest BCUT2D eigenvalue weighted by Crippen LogP contribution is 2.36. The van der Waals surface area contributed by atoms with Gasteiger partial charge in [-0.25, -0.2) is 4.39 Å². The van der Waals surface area contributed by atoms with Crippen molar-refractivity contribution < 1.29 is 4.39 Å². The Morgan fingerprint density at radius 3 is 2.76 bits per heavy atom. The van der Waals surface area contributed by atoms with Gasteiger partial charge in [0.2, 0.25) is 5.95 Å². The molecule has 7 heteroatoms. The molecule has 1 aromatic heterocycles. The van der Waals surface area contributed by atoms with Crippen molar-refractivity contribution in [1.82, 2.24) is 20.2 Å². The lowest BCUT2D eigenvalue weighted by Crippen LogP contribution is -2.21. The number of aromatic nitrogens is 4. The minimum absolute atomic E-state index is 0.337. The lowest BCUT2D eigenvalue weighted by Gasteiger charge is -2.24. The Kier molecular flexibility index (Phi) is 3.77. The first kappa shape index (κ1) is 15.8. The van der Waals surface area contributed by atoms with E-state index in [0.29, 0.717) is 16.5 Å². The summed E-state index contributed by atoms with van der Waals surface area (Å²) in [5.74, 6) is 0.0524. The molecule has 0 saturated carbocycles. The molecule has 0 radical (unpaired) electrons. The molecule has 1 N–H and O–H groups in total. The maximum Gasteiger partial charge on any atom is 0.248 e. The third-order valence-corrected chi connectivity index (χ3v) is 4.77. The van der Waals surface area contributed by atoms with Crippen molar-refractivity contribution in [2.45, 2.75) is 19.9 Å². The number of anilines is 1. The number of nitrogens with one attached hydrogen (secondary N) is 1. The SMILES string of the molecule is Cc1ccc(C2=CC(c3c(F)cccc3Cl)n3nnnc3N2)cc1C. The quantitative estimate of drug-likeness (QED) is 0.750. The molecule has 0 saturated heterocycles. The van der Waals surface area contributed by atoms with Gasteiger partial charge in [-0.1, -0.05) is 34.9 Å². The molecule has 0 fully saturated rings. The van der Waals surface area contributed by atoms with Crippen LogP contribution in [0.5, 0.6) is 0 Å². The summed E-state index contributed by atoms with van der Waals surface area (Å²) in [5, 5.41) is 15.2. The van der Waals surface area contributed by atoms with E-state index in [1.54, 1.807) is 12.1 Å². The van der Waals surface area contributed by atoms with Gasteiger partial charge in [0, 0.05) is 16.3 Å². The Hall–Kier alpha value is -2.73. The van der Waals surface area contributed by atoms with Gasteiger partial charge in [0.25, 0.3) is 0 Å². The number of benzene rings is 2. The van der Waals surface area contributed by atoms with E-state index in [-0.39, 0.29) is 0 Å². The number of aryl methyl sites for hydroxylation is 2. The molecule has 0 bridgehead atoms. The molecule has 3 aromatic rings. The number of tetrazole rings is 1. The summed E-state index contributed by atoms with van der Waals surface area (Å²) in [6.07, 6.45) is 1.89. The number of halogens is 2. The average molecular weight is 356 g/mol. The third-order valence-electron chi connectivity index (χ3n) is 4.44. The number of nitrogens with zero attached hydrogens (tertiary/aromatic N) is 4. The van der Waals surface area contributed by atoms with E-state index in [2.05, 4.69) is 46.8 Å². The highest BCUT2D eigenvalue weighted by Gasteiger charge is 2.28. The molecule has 0 amide bonds. The van der Waals surface area contributed by atoms with Crippen molar-refractivity contribution in [3.8, 4) is 0 Å². The summed E-state index contributed by atoms with van der Waals surface area (Å²) in [4.78, 5) is 0. The van der Waals surface area contributed by atoms with Crippen LogP contribution in [0.15, 0.2) is 42.5 Å². The standard InChI is InChI=1S/C18H15ClFN5/c1-10-6-7-12(8-11(10)2)15-9-16(25-18(21-15)22-23-24-25)17-13(19)4-3-5-14(17)20/h3-9,16H,1-2H3,(H,21,22,24). The molecule has 1 aliphatic heterocycles. The van der Waals surface area contributed by atoms with Gasteiger partial charge in [-0.2, -0.15) is 4.68 Å². The summed E-state index contributed by atoms with van der Waals surface area (Å²) in [6, 6.07) is 10.2. The van der Waals surface area contributed by atoms with Crippen molar-refractivity contribution in [3.63, 3.8) is 0 Å². The monoisotopic (exact) mass is 355 g/mol. The molecule has 1 aliphatic rings. The van der Waals surface area contributed by atoms with Crippen LogP contribution in [0.3, 0.4) is 0 Å². The highest BCUT2D eigenvalue weighted by molar-refractivity contribution is 6.31. The maximum absolute atomic E-state index is 14.5. The third kappa shape index (κ3) is 2.68. The van der Waals surface area contributed by atoms with E-state index in [0.717, 1.165) is 11.3 Å². The Bertz CT molecular complexity index is 975. The fourth-order valence-electron chi connectivity index (χ4n) is 2.93. The lowest BCUT2D eigenvalue weighted by molar-refractivity contribution is 0.540. The van der Waals surface area contributed by atoms with Crippen LogP contribution in [0.2, 0.25) is 5.02 Å². The van der Waals surface area contributed by atoms with Gasteiger partial charge in [-0.15, -0.1) is 0 Å². The van der Waals surface area contributed by atoms with Crippen molar-refractivity contribution in [3.05, 3.63) is 75.6 Å². The van der Waals surface area contributed by atoms with Gasteiger partial charge >= 0.3 is 0 Å². The number of rotatable bonds is 2. The summed E-state index contributed by atoms with van der Waals surface area (Å²) in [7, 11) is 0. The minimum Gasteiger partial charge on any atom is -0.323 e. The predicted molar refractivity (Wildman–Crippen MR) is 94.9 cm³/mol. The van der Waals surface area contributed by atoms with E-state index >= 15 is 0 Å².